The van der Waals surface area contributed by atoms with E-state index >= 15 is 0 Å². The number of nitrogens with one attached hydrogen (secondary N) is 1. The highest BCUT2D eigenvalue weighted by Gasteiger charge is 2.17. The third-order valence-corrected chi connectivity index (χ3v) is 6.21. The second kappa shape index (κ2) is 10.1. The number of hydrogen-bond donors (Lipinski definition) is 1. The highest BCUT2D eigenvalue weighted by atomic mass is 32.2. The molecule has 0 unspecified atom stereocenters. The van der Waals surface area contributed by atoms with Gasteiger partial charge >= 0.3 is 5.97 Å². The highest BCUT2D eigenvalue weighted by molar-refractivity contribution is 7.98. The van der Waals surface area contributed by atoms with Crippen LogP contribution >= 0.6 is 11.8 Å². The largest absolute Gasteiger partial charge is 0.464 e. The van der Waals surface area contributed by atoms with E-state index in [-0.39, 0.29) is 18.1 Å². The Hall–Kier alpha value is -3.26. The molecule has 0 aliphatic heterocycles. The molecule has 33 heavy (non-hydrogen) atoms. The van der Waals surface area contributed by atoms with Crippen molar-refractivity contribution in [3.8, 4) is 0 Å². The van der Waals surface area contributed by atoms with Crippen LogP contribution in [0.4, 0.5) is 5.69 Å². The summed E-state index contributed by atoms with van der Waals surface area (Å²) in [7, 11) is 0. The minimum atomic E-state index is -0.440. The summed E-state index contributed by atoms with van der Waals surface area (Å²) in [6.45, 7) is 4.20. The van der Waals surface area contributed by atoms with Crippen molar-refractivity contribution in [3.05, 3.63) is 64.6 Å². The van der Waals surface area contributed by atoms with Crippen LogP contribution < -0.4 is 10.9 Å². The van der Waals surface area contributed by atoms with Gasteiger partial charge in [0.25, 0.3) is 5.56 Å². The van der Waals surface area contributed by atoms with Crippen LogP contribution in [0.15, 0.2) is 63.0 Å². The minimum absolute atomic E-state index is 0.164. The van der Waals surface area contributed by atoms with E-state index in [1.165, 1.54) is 22.5 Å². The number of nitrogens with zero attached hydrogens (tertiary/aromatic N) is 2. The zero-order valence-corrected chi connectivity index (χ0v) is 19.8. The van der Waals surface area contributed by atoms with Crippen molar-refractivity contribution in [2.45, 2.75) is 44.4 Å². The summed E-state index contributed by atoms with van der Waals surface area (Å²) in [5.41, 5.74) is 2.70. The fraction of sp³-hybridized carbons (Fsp3) is 0.320. The van der Waals surface area contributed by atoms with Gasteiger partial charge in [-0.15, -0.1) is 0 Å². The number of ether oxygens (including phenoxy) is 1. The summed E-state index contributed by atoms with van der Waals surface area (Å²) < 4.78 is 12.5. The Morgan fingerprint density at radius 2 is 2.00 bits per heavy atom. The van der Waals surface area contributed by atoms with Crippen molar-refractivity contribution in [1.82, 2.24) is 9.55 Å². The number of benzene rings is 2. The quantitative estimate of drug-likeness (QED) is 0.154. The van der Waals surface area contributed by atoms with Crippen molar-refractivity contribution in [1.29, 1.82) is 0 Å². The molecule has 1 atom stereocenters. The van der Waals surface area contributed by atoms with Gasteiger partial charge in [0.05, 0.1) is 12.8 Å². The number of unbranched alkanes of at least 4 members (excludes halogenated alkanes) is 1. The molecule has 1 N–H and O–H groups in total. The number of thioether (sulfide) groups is 1. The Morgan fingerprint density at radius 3 is 2.79 bits per heavy atom. The summed E-state index contributed by atoms with van der Waals surface area (Å²) in [6.07, 6.45) is 5.07. The van der Waals surface area contributed by atoms with E-state index in [0.717, 1.165) is 40.3 Å². The molecule has 8 heteroatoms. The molecule has 2 heterocycles. The van der Waals surface area contributed by atoms with Gasteiger partial charge in [-0.2, -0.15) is 0 Å². The van der Waals surface area contributed by atoms with Crippen LogP contribution in [-0.4, -0.2) is 28.4 Å². The second-order valence-corrected chi connectivity index (χ2v) is 8.62. The van der Waals surface area contributed by atoms with Crippen LogP contribution in [0.1, 0.15) is 38.3 Å². The minimum Gasteiger partial charge on any atom is -0.464 e. The van der Waals surface area contributed by atoms with Gasteiger partial charge < -0.3 is 14.5 Å². The zero-order valence-electron chi connectivity index (χ0n) is 19.0. The van der Waals surface area contributed by atoms with Crippen LogP contribution in [0.5, 0.6) is 0 Å². The van der Waals surface area contributed by atoms with Crippen LogP contribution in [0, 0.1) is 0 Å². The zero-order chi connectivity index (χ0) is 23.4. The standard InChI is InChI=1S/C25H27N3O4S/c1-4-5-12-31-23(29)15-28-24(30)20(14-26-25(28)33-3)27-16(2)17-10-11-22-19(13-17)18-8-6-7-9-21(18)32-22/h6-11,13-14,16,27H,4-5,12,15H2,1-3H3/t16-/m1/s1. The lowest BCUT2D eigenvalue weighted by atomic mass is 10.0. The Labute approximate surface area is 196 Å². The van der Waals surface area contributed by atoms with Gasteiger partial charge in [-0.25, -0.2) is 4.98 Å². The van der Waals surface area contributed by atoms with E-state index in [1.54, 1.807) is 0 Å². The predicted molar refractivity (Wildman–Crippen MR) is 132 cm³/mol. The number of anilines is 1. The van der Waals surface area contributed by atoms with Crippen LogP contribution in [0.3, 0.4) is 0 Å². The van der Waals surface area contributed by atoms with Gasteiger partial charge in [0.1, 0.15) is 23.4 Å². The fourth-order valence-corrected chi connectivity index (χ4v) is 4.24. The van der Waals surface area contributed by atoms with E-state index in [2.05, 4.69) is 16.4 Å². The second-order valence-electron chi connectivity index (χ2n) is 7.84. The van der Waals surface area contributed by atoms with Crippen molar-refractivity contribution in [2.24, 2.45) is 0 Å². The van der Waals surface area contributed by atoms with Crippen molar-refractivity contribution >= 4 is 45.4 Å². The molecule has 2 aromatic heterocycles. The lowest BCUT2D eigenvalue weighted by Gasteiger charge is -2.17. The summed E-state index contributed by atoms with van der Waals surface area (Å²) in [4.78, 5) is 29.7. The molecule has 4 rings (SSSR count). The molecule has 0 saturated heterocycles. The normalized spacial score (nSPS) is 12.2. The average molecular weight is 466 g/mol. The SMILES string of the molecule is CCCCOC(=O)Cn1c(SC)ncc(N[C@H](C)c2ccc3oc4ccccc4c3c2)c1=O. The van der Waals surface area contributed by atoms with E-state index in [9.17, 15) is 9.59 Å². The molecule has 172 valence electrons. The number of carbonyl (C=O) groups is 1. The van der Waals surface area contributed by atoms with Crippen LogP contribution in [0.2, 0.25) is 0 Å². The highest BCUT2D eigenvalue weighted by Crippen LogP contribution is 2.31. The Kier molecular flexibility index (Phi) is 7.03. The molecular formula is C25H27N3O4S. The van der Waals surface area contributed by atoms with Crippen LogP contribution in [0.25, 0.3) is 21.9 Å². The number of rotatable bonds is 9. The third kappa shape index (κ3) is 4.90. The van der Waals surface area contributed by atoms with Crippen molar-refractivity contribution in [2.75, 3.05) is 18.2 Å². The Morgan fingerprint density at radius 1 is 1.21 bits per heavy atom. The van der Waals surface area contributed by atoms with Crippen molar-refractivity contribution in [3.63, 3.8) is 0 Å². The first-order valence-electron chi connectivity index (χ1n) is 11.0. The summed E-state index contributed by atoms with van der Waals surface area (Å²) in [5, 5.41) is 5.81. The van der Waals surface area contributed by atoms with E-state index in [0.29, 0.717) is 17.5 Å². The van der Waals surface area contributed by atoms with E-state index in [4.69, 9.17) is 9.15 Å². The number of carbonyl (C=O) groups excluding carboxylic acids is 1. The summed E-state index contributed by atoms with van der Waals surface area (Å²) in [6, 6.07) is 13.8. The van der Waals surface area contributed by atoms with Gasteiger partial charge in [-0.3, -0.25) is 14.2 Å². The summed E-state index contributed by atoms with van der Waals surface area (Å²) in [5.74, 6) is -0.440. The topological polar surface area (TPSA) is 86.4 Å². The number of para-hydroxylation sites is 1. The first kappa shape index (κ1) is 22.9. The lowest BCUT2D eigenvalue weighted by Crippen LogP contribution is -2.30. The fourth-order valence-electron chi connectivity index (χ4n) is 3.71. The molecule has 0 fully saturated rings. The maximum atomic E-state index is 13.2. The predicted octanol–water partition coefficient (Wildman–Crippen LogP) is 5.38. The molecule has 0 radical (unpaired) electrons. The lowest BCUT2D eigenvalue weighted by molar-refractivity contribution is -0.144. The smallest absolute Gasteiger partial charge is 0.326 e. The molecule has 0 aliphatic carbocycles. The number of furan rings is 1. The maximum absolute atomic E-state index is 13.2. The summed E-state index contributed by atoms with van der Waals surface area (Å²) >= 11 is 1.31. The number of aromatic nitrogens is 2. The van der Waals surface area contributed by atoms with Gasteiger partial charge in [0, 0.05) is 16.8 Å². The first-order chi connectivity index (χ1) is 16.0. The molecule has 0 amide bonds. The van der Waals surface area contributed by atoms with E-state index < -0.39 is 5.97 Å². The van der Waals surface area contributed by atoms with Gasteiger partial charge in [0.15, 0.2) is 5.16 Å². The van der Waals surface area contributed by atoms with Gasteiger partial charge in [-0.1, -0.05) is 49.4 Å². The molecule has 0 bridgehead atoms. The molecule has 0 aliphatic rings. The maximum Gasteiger partial charge on any atom is 0.326 e. The molecule has 7 nitrogen and oxygen atoms in total. The number of fused-ring (bicyclic) bond motifs is 3. The molecule has 0 spiro atoms. The molecular weight excluding hydrogens is 438 g/mol. The molecule has 2 aromatic carbocycles. The van der Waals surface area contributed by atoms with Crippen molar-refractivity contribution < 1.29 is 13.9 Å². The first-order valence-corrected chi connectivity index (χ1v) is 12.2. The monoisotopic (exact) mass is 465 g/mol. The Bertz CT molecular complexity index is 1340. The molecule has 4 aromatic rings. The molecule has 0 saturated carbocycles. The van der Waals surface area contributed by atoms with E-state index in [1.807, 2.05) is 56.5 Å². The van der Waals surface area contributed by atoms with Gasteiger partial charge in [-0.05, 0) is 43.4 Å². The third-order valence-electron chi connectivity index (χ3n) is 5.51. The Balaban J connectivity index is 1.58. The average Bonchev–Trinajstić information content (AvgIpc) is 3.20. The number of esters is 1. The van der Waals surface area contributed by atoms with Gasteiger partial charge in [0.2, 0.25) is 0 Å². The van der Waals surface area contributed by atoms with Crippen LogP contribution in [-0.2, 0) is 16.1 Å². The number of hydrogen-bond acceptors (Lipinski definition) is 7.